The van der Waals surface area contributed by atoms with Crippen molar-refractivity contribution in [2.75, 3.05) is 31.1 Å². The molecule has 1 fully saturated rings. The van der Waals surface area contributed by atoms with Gasteiger partial charge < -0.3 is 10.2 Å². The van der Waals surface area contributed by atoms with E-state index in [1.54, 1.807) is 16.8 Å². The molecule has 7 heteroatoms. The zero-order valence-electron chi connectivity index (χ0n) is 13.7. The van der Waals surface area contributed by atoms with Gasteiger partial charge in [0.15, 0.2) is 5.65 Å². The number of pyridine rings is 1. The Balaban J connectivity index is 1.85. The molecule has 0 radical (unpaired) electrons. The highest BCUT2D eigenvalue weighted by Gasteiger charge is 2.19. The molecule has 0 aliphatic carbocycles. The van der Waals surface area contributed by atoms with Gasteiger partial charge in [-0.2, -0.15) is 5.26 Å². The number of imidazole rings is 1. The Morgan fingerprint density at radius 2 is 2.00 bits per heavy atom. The fraction of sp³-hybridized carbons (Fsp3) is 0.278. The van der Waals surface area contributed by atoms with Crippen LogP contribution in [0.25, 0.3) is 11.2 Å². The largest absolute Gasteiger partial charge is 0.367 e. The van der Waals surface area contributed by atoms with Gasteiger partial charge in [-0.1, -0.05) is 18.2 Å². The van der Waals surface area contributed by atoms with Gasteiger partial charge in [0, 0.05) is 32.4 Å². The van der Waals surface area contributed by atoms with Crippen LogP contribution in [-0.2, 0) is 6.54 Å². The summed E-state index contributed by atoms with van der Waals surface area (Å²) in [6.07, 6.45) is 1.73. The summed E-state index contributed by atoms with van der Waals surface area (Å²) in [5.41, 5.74) is 3.56. The highest BCUT2D eigenvalue weighted by atomic mass is 16.1. The molecular weight excluding hydrogens is 316 g/mol. The predicted octanol–water partition coefficient (Wildman–Crippen LogP) is 1.05. The van der Waals surface area contributed by atoms with Crippen molar-refractivity contribution < 1.29 is 0 Å². The van der Waals surface area contributed by atoms with Crippen LogP contribution < -0.4 is 15.9 Å². The maximum atomic E-state index is 12.5. The molecule has 0 spiro atoms. The van der Waals surface area contributed by atoms with Crippen LogP contribution >= 0.6 is 0 Å². The molecule has 126 valence electrons. The van der Waals surface area contributed by atoms with E-state index in [-0.39, 0.29) is 5.69 Å². The van der Waals surface area contributed by atoms with E-state index in [2.05, 4.69) is 26.3 Å². The first-order valence-electron chi connectivity index (χ1n) is 8.29. The summed E-state index contributed by atoms with van der Waals surface area (Å²) in [6, 6.07) is 11.5. The Morgan fingerprint density at radius 3 is 2.80 bits per heavy atom. The van der Waals surface area contributed by atoms with Crippen molar-refractivity contribution in [2.45, 2.75) is 6.54 Å². The maximum absolute atomic E-state index is 12.5. The average molecular weight is 334 g/mol. The molecule has 2 N–H and O–H groups in total. The Labute approximate surface area is 144 Å². The molecule has 0 saturated carbocycles. The monoisotopic (exact) mass is 334 g/mol. The van der Waals surface area contributed by atoms with Gasteiger partial charge in [0.1, 0.15) is 5.52 Å². The number of nitrogens with one attached hydrogen (secondary N) is 2. The summed E-state index contributed by atoms with van der Waals surface area (Å²) in [5, 5.41) is 12.7. The number of H-pyrrole nitrogens is 1. The standard InChI is InChI=1S/C18H18N6O/c19-11-13-3-1-2-4-14(13)12-24-16-15(23-9-7-20-8-10-23)5-6-21-17(16)22-18(24)25/h1-6,20H,7-10,12H2,(H,21,22,25). The minimum atomic E-state index is -0.210. The second-order valence-electron chi connectivity index (χ2n) is 6.05. The third-order valence-electron chi connectivity index (χ3n) is 4.57. The quantitative estimate of drug-likeness (QED) is 0.747. The number of hydrogen-bond donors (Lipinski definition) is 2. The van der Waals surface area contributed by atoms with Gasteiger partial charge in [-0.3, -0.25) is 9.55 Å². The van der Waals surface area contributed by atoms with Gasteiger partial charge in [0.2, 0.25) is 0 Å². The van der Waals surface area contributed by atoms with Gasteiger partial charge in [0.25, 0.3) is 0 Å². The number of piperazine rings is 1. The first-order valence-corrected chi connectivity index (χ1v) is 8.29. The van der Waals surface area contributed by atoms with Gasteiger partial charge in [-0.25, -0.2) is 9.78 Å². The van der Waals surface area contributed by atoms with Crippen molar-refractivity contribution in [3.8, 4) is 6.07 Å². The van der Waals surface area contributed by atoms with Crippen LogP contribution in [-0.4, -0.2) is 40.7 Å². The predicted molar refractivity (Wildman–Crippen MR) is 95.7 cm³/mol. The van der Waals surface area contributed by atoms with E-state index in [9.17, 15) is 10.1 Å². The van der Waals surface area contributed by atoms with Crippen molar-refractivity contribution in [1.82, 2.24) is 19.9 Å². The normalized spacial score (nSPS) is 14.6. The first kappa shape index (κ1) is 15.4. The Bertz CT molecular complexity index is 1010. The van der Waals surface area contributed by atoms with Gasteiger partial charge in [0.05, 0.1) is 23.9 Å². The number of aromatic nitrogens is 3. The van der Waals surface area contributed by atoms with Crippen LogP contribution in [0.15, 0.2) is 41.3 Å². The number of nitriles is 1. The molecular formula is C18H18N6O. The number of benzene rings is 1. The molecule has 0 atom stereocenters. The number of hydrogen-bond acceptors (Lipinski definition) is 5. The lowest BCUT2D eigenvalue weighted by molar-refractivity contribution is 0.589. The van der Waals surface area contributed by atoms with Crippen LogP contribution in [0.2, 0.25) is 0 Å². The smallest absolute Gasteiger partial charge is 0.328 e. The summed E-state index contributed by atoms with van der Waals surface area (Å²) in [4.78, 5) is 21.9. The van der Waals surface area contributed by atoms with E-state index in [1.807, 2.05) is 24.3 Å². The SMILES string of the molecule is N#Cc1ccccc1Cn1c(=O)[nH]c2nccc(N3CCNCC3)c21. The lowest BCUT2D eigenvalue weighted by atomic mass is 10.1. The van der Waals surface area contributed by atoms with E-state index in [4.69, 9.17) is 0 Å². The average Bonchev–Trinajstić information content (AvgIpc) is 2.98. The van der Waals surface area contributed by atoms with E-state index in [0.717, 1.165) is 42.9 Å². The molecule has 7 nitrogen and oxygen atoms in total. The molecule has 4 rings (SSSR count). The highest BCUT2D eigenvalue weighted by molar-refractivity contribution is 5.86. The maximum Gasteiger partial charge on any atom is 0.328 e. The van der Waals surface area contributed by atoms with E-state index in [0.29, 0.717) is 17.8 Å². The molecule has 0 unspecified atom stereocenters. The number of aromatic amines is 1. The number of rotatable bonds is 3. The van der Waals surface area contributed by atoms with Crippen molar-refractivity contribution in [3.63, 3.8) is 0 Å². The molecule has 1 aliphatic rings. The molecule has 1 aliphatic heterocycles. The molecule has 3 aromatic rings. The number of fused-ring (bicyclic) bond motifs is 1. The Kier molecular flexibility index (Phi) is 3.96. The summed E-state index contributed by atoms with van der Waals surface area (Å²) < 4.78 is 1.68. The van der Waals surface area contributed by atoms with Gasteiger partial charge in [-0.15, -0.1) is 0 Å². The summed E-state index contributed by atoms with van der Waals surface area (Å²) in [5.74, 6) is 0. The molecule has 3 heterocycles. The minimum Gasteiger partial charge on any atom is -0.367 e. The fourth-order valence-electron chi connectivity index (χ4n) is 3.32. The second kappa shape index (κ2) is 6.42. The van der Waals surface area contributed by atoms with Gasteiger partial charge in [-0.05, 0) is 17.7 Å². The molecule has 1 saturated heterocycles. The lowest BCUT2D eigenvalue weighted by Crippen LogP contribution is -2.43. The van der Waals surface area contributed by atoms with Crippen molar-refractivity contribution in [2.24, 2.45) is 0 Å². The molecule has 2 aromatic heterocycles. The molecule has 0 bridgehead atoms. The summed E-state index contributed by atoms with van der Waals surface area (Å²) in [7, 11) is 0. The lowest BCUT2D eigenvalue weighted by Gasteiger charge is -2.30. The first-order chi connectivity index (χ1) is 12.3. The summed E-state index contributed by atoms with van der Waals surface area (Å²) in [6.45, 7) is 3.93. The Hall–Kier alpha value is -3.11. The van der Waals surface area contributed by atoms with Crippen LogP contribution in [0.4, 0.5) is 5.69 Å². The third kappa shape index (κ3) is 2.77. The zero-order valence-corrected chi connectivity index (χ0v) is 13.7. The fourth-order valence-corrected chi connectivity index (χ4v) is 3.32. The van der Waals surface area contributed by atoms with Crippen LogP contribution in [0.1, 0.15) is 11.1 Å². The van der Waals surface area contributed by atoms with E-state index in [1.165, 1.54) is 0 Å². The van der Waals surface area contributed by atoms with Crippen LogP contribution in [0.3, 0.4) is 0 Å². The van der Waals surface area contributed by atoms with Gasteiger partial charge >= 0.3 is 5.69 Å². The summed E-state index contributed by atoms with van der Waals surface area (Å²) >= 11 is 0. The second-order valence-corrected chi connectivity index (χ2v) is 6.05. The third-order valence-corrected chi connectivity index (χ3v) is 4.57. The molecule has 1 aromatic carbocycles. The van der Waals surface area contributed by atoms with E-state index >= 15 is 0 Å². The van der Waals surface area contributed by atoms with Crippen LogP contribution in [0, 0.1) is 11.3 Å². The van der Waals surface area contributed by atoms with Crippen molar-refractivity contribution in [3.05, 3.63) is 58.1 Å². The molecule has 25 heavy (non-hydrogen) atoms. The highest BCUT2D eigenvalue weighted by Crippen LogP contribution is 2.25. The number of nitrogens with zero attached hydrogens (tertiary/aromatic N) is 4. The zero-order chi connectivity index (χ0) is 17.2. The van der Waals surface area contributed by atoms with Crippen LogP contribution in [0.5, 0.6) is 0 Å². The van der Waals surface area contributed by atoms with Crippen molar-refractivity contribution >= 4 is 16.9 Å². The minimum absolute atomic E-state index is 0.210. The van der Waals surface area contributed by atoms with E-state index < -0.39 is 0 Å². The number of anilines is 1. The topological polar surface area (TPSA) is 89.7 Å². The van der Waals surface area contributed by atoms with Crippen molar-refractivity contribution in [1.29, 1.82) is 5.26 Å². The molecule has 0 amide bonds. The Morgan fingerprint density at radius 1 is 1.20 bits per heavy atom.